The van der Waals surface area contributed by atoms with Crippen molar-refractivity contribution in [3.63, 3.8) is 0 Å². The second kappa shape index (κ2) is 8.98. The number of hydrogen-bond acceptors (Lipinski definition) is 3. The lowest BCUT2D eigenvalue weighted by Crippen LogP contribution is -2.45. The Morgan fingerprint density at radius 2 is 2.23 bits per heavy atom. The Labute approximate surface area is 133 Å². The molecule has 6 heteroatoms. The summed E-state index contributed by atoms with van der Waals surface area (Å²) in [7, 11) is 0. The second-order valence-corrected chi connectivity index (χ2v) is 6.01. The van der Waals surface area contributed by atoms with E-state index in [0.29, 0.717) is 18.6 Å². The van der Waals surface area contributed by atoms with Gasteiger partial charge in [0.2, 0.25) is 5.91 Å². The molecule has 0 aromatic heterocycles. The molecule has 126 valence electrons. The SMILES string of the molecule is CCNC(=NCCC1CCCO1)NC1CCN(C(=O)CC)C1. The molecular weight excluding hydrogens is 280 g/mol. The fraction of sp³-hybridized carbons (Fsp3) is 0.875. The van der Waals surface area contributed by atoms with Gasteiger partial charge in [0, 0.05) is 45.2 Å². The van der Waals surface area contributed by atoms with E-state index in [4.69, 9.17) is 4.74 Å². The van der Waals surface area contributed by atoms with Crippen molar-refractivity contribution in [2.24, 2.45) is 4.99 Å². The van der Waals surface area contributed by atoms with E-state index >= 15 is 0 Å². The van der Waals surface area contributed by atoms with Crippen LogP contribution >= 0.6 is 0 Å². The molecule has 2 fully saturated rings. The molecule has 1 amide bonds. The highest BCUT2D eigenvalue weighted by Crippen LogP contribution is 2.15. The Hall–Kier alpha value is -1.30. The van der Waals surface area contributed by atoms with Crippen LogP contribution in [0, 0.1) is 0 Å². The number of likely N-dealkylation sites (tertiary alicyclic amines) is 1. The van der Waals surface area contributed by atoms with Gasteiger partial charge in [0.25, 0.3) is 0 Å². The van der Waals surface area contributed by atoms with Crippen molar-refractivity contribution in [2.75, 3.05) is 32.8 Å². The van der Waals surface area contributed by atoms with E-state index in [1.54, 1.807) is 0 Å². The van der Waals surface area contributed by atoms with E-state index in [-0.39, 0.29) is 5.91 Å². The fourth-order valence-corrected chi connectivity index (χ4v) is 3.03. The number of amides is 1. The van der Waals surface area contributed by atoms with Gasteiger partial charge >= 0.3 is 0 Å². The largest absolute Gasteiger partial charge is 0.378 e. The summed E-state index contributed by atoms with van der Waals surface area (Å²) in [5.74, 6) is 1.10. The van der Waals surface area contributed by atoms with Crippen molar-refractivity contribution in [2.45, 2.75) is 58.1 Å². The summed E-state index contributed by atoms with van der Waals surface area (Å²) in [6.07, 6.45) is 5.29. The van der Waals surface area contributed by atoms with Gasteiger partial charge in [-0.15, -0.1) is 0 Å². The third kappa shape index (κ3) is 5.16. The van der Waals surface area contributed by atoms with Crippen LogP contribution < -0.4 is 10.6 Å². The van der Waals surface area contributed by atoms with Crippen LogP contribution in [0.2, 0.25) is 0 Å². The van der Waals surface area contributed by atoms with Crippen LogP contribution in [-0.4, -0.2) is 61.7 Å². The molecule has 2 heterocycles. The van der Waals surface area contributed by atoms with Crippen LogP contribution in [-0.2, 0) is 9.53 Å². The lowest BCUT2D eigenvalue weighted by molar-refractivity contribution is -0.129. The topological polar surface area (TPSA) is 66.0 Å². The minimum Gasteiger partial charge on any atom is -0.378 e. The predicted octanol–water partition coefficient (Wildman–Crippen LogP) is 1.12. The zero-order valence-electron chi connectivity index (χ0n) is 13.9. The maximum absolute atomic E-state index is 11.7. The van der Waals surface area contributed by atoms with Crippen molar-refractivity contribution in [1.29, 1.82) is 0 Å². The molecule has 2 saturated heterocycles. The standard InChI is InChI=1S/C16H30N4O2/c1-3-15(21)20-10-8-13(12-20)19-16(17-4-2)18-9-7-14-6-5-11-22-14/h13-14H,3-12H2,1-2H3,(H2,17,18,19). The van der Waals surface area contributed by atoms with Crippen LogP contribution in [0.4, 0.5) is 0 Å². The Balaban J connectivity index is 1.76. The number of guanidine groups is 1. The van der Waals surface area contributed by atoms with Gasteiger partial charge in [-0.3, -0.25) is 9.79 Å². The van der Waals surface area contributed by atoms with E-state index in [1.165, 1.54) is 6.42 Å². The summed E-state index contributed by atoms with van der Waals surface area (Å²) >= 11 is 0. The fourth-order valence-electron chi connectivity index (χ4n) is 3.03. The van der Waals surface area contributed by atoms with Crippen LogP contribution in [0.5, 0.6) is 0 Å². The first kappa shape index (κ1) is 17.1. The zero-order valence-corrected chi connectivity index (χ0v) is 13.9. The molecule has 6 nitrogen and oxygen atoms in total. The van der Waals surface area contributed by atoms with E-state index in [1.807, 2.05) is 11.8 Å². The van der Waals surface area contributed by atoms with E-state index in [2.05, 4.69) is 22.5 Å². The normalized spacial score (nSPS) is 25.5. The summed E-state index contributed by atoms with van der Waals surface area (Å²) in [6.45, 7) is 8.14. The third-order valence-corrected chi connectivity index (χ3v) is 4.27. The molecule has 2 rings (SSSR count). The van der Waals surface area contributed by atoms with Gasteiger partial charge in [-0.25, -0.2) is 0 Å². The molecule has 2 N–H and O–H groups in total. The molecule has 2 aliphatic rings. The lowest BCUT2D eigenvalue weighted by atomic mass is 10.2. The van der Waals surface area contributed by atoms with Crippen LogP contribution in [0.1, 0.15) is 46.0 Å². The highest BCUT2D eigenvalue weighted by Gasteiger charge is 2.25. The maximum atomic E-state index is 11.7. The number of ether oxygens (including phenoxy) is 1. The van der Waals surface area contributed by atoms with Gasteiger partial charge in [0.05, 0.1) is 6.10 Å². The van der Waals surface area contributed by atoms with E-state index < -0.39 is 0 Å². The summed E-state index contributed by atoms with van der Waals surface area (Å²) in [4.78, 5) is 18.3. The molecule has 0 aromatic rings. The molecule has 22 heavy (non-hydrogen) atoms. The number of nitrogens with zero attached hydrogens (tertiary/aromatic N) is 2. The van der Waals surface area contributed by atoms with Crippen molar-refractivity contribution in [1.82, 2.24) is 15.5 Å². The molecule has 0 spiro atoms. The van der Waals surface area contributed by atoms with Gasteiger partial charge in [-0.1, -0.05) is 6.92 Å². The highest BCUT2D eigenvalue weighted by molar-refractivity contribution is 5.80. The molecule has 0 bridgehead atoms. The summed E-state index contributed by atoms with van der Waals surface area (Å²) in [5.41, 5.74) is 0. The molecule has 0 aromatic carbocycles. The number of aliphatic imine (C=N–C) groups is 1. The molecule has 2 aliphatic heterocycles. The number of nitrogens with one attached hydrogen (secondary N) is 2. The molecule has 0 aliphatic carbocycles. The van der Waals surface area contributed by atoms with Crippen LogP contribution in [0.25, 0.3) is 0 Å². The van der Waals surface area contributed by atoms with Crippen LogP contribution in [0.3, 0.4) is 0 Å². The Morgan fingerprint density at radius 3 is 2.91 bits per heavy atom. The van der Waals surface area contributed by atoms with Gasteiger partial charge in [-0.2, -0.15) is 0 Å². The highest BCUT2D eigenvalue weighted by atomic mass is 16.5. The molecule has 0 saturated carbocycles. The number of hydrogen-bond donors (Lipinski definition) is 2. The molecule has 0 radical (unpaired) electrons. The van der Waals surface area contributed by atoms with Gasteiger partial charge in [0.1, 0.15) is 0 Å². The summed E-state index contributed by atoms with van der Waals surface area (Å²) in [5, 5.41) is 6.74. The summed E-state index contributed by atoms with van der Waals surface area (Å²) in [6, 6.07) is 0.302. The minimum absolute atomic E-state index is 0.240. The third-order valence-electron chi connectivity index (χ3n) is 4.27. The average molecular weight is 310 g/mol. The maximum Gasteiger partial charge on any atom is 0.222 e. The van der Waals surface area contributed by atoms with E-state index in [0.717, 1.165) is 58.0 Å². The number of rotatable bonds is 6. The van der Waals surface area contributed by atoms with Gasteiger partial charge in [-0.05, 0) is 32.6 Å². The zero-order chi connectivity index (χ0) is 15.8. The van der Waals surface area contributed by atoms with Crippen molar-refractivity contribution in [3.05, 3.63) is 0 Å². The van der Waals surface area contributed by atoms with Crippen molar-refractivity contribution in [3.8, 4) is 0 Å². The Kier molecular flexibility index (Phi) is 6.96. The lowest BCUT2D eigenvalue weighted by Gasteiger charge is -2.19. The van der Waals surface area contributed by atoms with Gasteiger partial charge < -0.3 is 20.3 Å². The Morgan fingerprint density at radius 1 is 1.36 bits per heavy atom. The van der Waals surface area contributed by atoms with E-state index in [9.17, 15) is 4.79 Å². The molecular formula is C16H30N4O2. The molecule has 2 unspecified atom stereocenters. The molecule has 2 atom stereocenters. The van der Waals surface area contributed by atoms with Crippen LogP contribution in [0.15, 0.2) is 4.99 Å². The van der Waals surface area contributed by atoms with Crippen molar-refractivity contribution < 1.29 is 9.53 Å². The second-order valence-electron chi connectivity index (χ2n) is 6.01. The first-order valence-corrected chi connectivity index (χ1v) is 8.67. The van der Waals surface area contributed by atoms with Gasteiger partial charge in [0.15, 0.2) is 5.96 Å². The average Bonchev–Trinajstić information content (AvgIpc) is 3.18. The Bertz CT molecular complexity index is 380. The number of carbonyl (C=O) groups excluding carboxylic acids is 1. The monoisotopic (exact) mass is 310 g/mol. The first-order valence-electron chi connectivity index (χ1n) is 8.67. The predicted molar refractivity (Wildman–Crippen MR) is 88.0 cm³/mol. The van der Waals surface area contributed by atoms with Crippen molar-refractivity contribution >= 4 is 11.9 Å². The number of carbonyl (C=O) groups is 1. The first-order chi connectivity index (χ1) is 10.7. The summed E-state index contributed by atoms with van der Waals surface area (Å²) < 4.78 is 5.63. The quantitative estimate of drug-likeness (QED) is 0.570. The smallest absolute Gasteiger partial charge is 0.222 e. The minimum atomic E-state index is 0.240.